The first kappa shape index (κ1) is 15.2. The van der Waals surface area contributed by atoms with Crippen LogP contribution in [0, 0.1) is 12.8 Å². The van der Waals surface area contributed by atoms with Gasteiger partial charge in [0.05, 0.1) is 4.88 Å². The predicted molar refractivity (Wildman–Crippen MR) is 79.0 cm³/mol. The Balaban J connectivity index is 1.81. The number of aliphatic hydroxyl groups excluding tert-OH is 1. The number of aliphatic hydroxyl groups is 1. The predicted octanol–water partition coefficient (Wildman–Crippen LogP) is 2.25. The molecule has 1 atom stereocenters. The zero-order valence-corrected chi connectivity index (χ0v) is 12.6. The number of carbonyl (C=O) groups excluding carboxylic acids is 2. The summed E-state index contributed by atoms with van der Waals surface area (Å²) in [5.74, 6) is 0.278. The molecule has 0 aromatic carbocycles. The molecule has 4 nitrogen and oxygen atoms in total. The molecule has 1 aromatic heterocycles. The third kappa shape index (κ3) is 3.90. The van der Waals surface area contributed by atoms with E-state index in [1.165, 1.54) is 11.3 Å². The first-order valence-electron chi connectivity index (χ1n) is 7.08. The van der Waals surface area contributed by atoms with Crippen LogP contribution in [0.3, 0.4) is 0 Å². The highest BCUT2D eigenvalue weighted by Crippen LogP contribution is 2.19. The molecule has 1 aliphatic rings. The highest BCUT2D eigenvalue weighted by molar-refractivity contribution is 7.14. The van der Waals surface area contributed by atoms with Crippen molar-refractivity contribution in [3.05, 3.63) is 21.9 Å². The SMILES string of the molecule is Cc1ccc(C(=O)CCC(=O)N2CCCC(CO)C2)s1. The van der Waals surface area contributed by atoms with E-state index >= 15 is 0 Å². The van der Waals surface area contributed by atoms with Crippen molar-refractivity contribution in [3.63, 3.8) is 0 Å². The molecule has 1 amide bonds. The van der Waals surface area contributed by atoms with E-state index in [2.05, 4.69) is 0 Å². The van der Waals surface area contributed by atoms with Gasteiger partial charge in [0.15, 0.2) is 5.78 Å². The molecule has 1 saturated heterocycles. The van der Waals surface area contributed by atoms with Gasteiger partial charge in [-0.1, -0.05) is 0 Å². The van der Waals surface area contributed by atoms with Crippen molar-refractivity contribution in [1.82, 2.24) is 4.90 Å². The zero-order valence-electron chi connectivity index (χ0n) is 11.8. The summed E-state index contributed by atoms with van der Waals surface area (Å²) in [5, 5.41) is 9.17. The molecule has 1 aliphatic heterocycles. The Morgan fingerprint density at radius 1 is 1.40 bits per heavy atom. The Morgan fingerprint density at radius 2 is 2.20 bits per heavy atom. The number of aryl methyl sites for hydroxylation is 1. The number of rotatable bonds is 5. The van der Waals surface area contributed by atoms with E-state index in [9.17, 15) is 9.59 Å². The number of nitrogens with zero attached hydrogens (tertiary/aromatic N) is 1. The van der Waals surface area contributed by atoms with Crippen molar-refractivity contribution in [2.24, 2.45) is 5.92 Å². The number of hydrogen-bond donors (Lipinski definition) is 1. The fourth-order valence-corrected chi connectivity index (χ4v) is 3.36. The number of hydrogen-bond acceptors (Lipinski definition) is 4. The van der Waals surface area contributed by atoms with Crippen LogP contribution in [0.25, 0.3) is 0 Å². The third-order valence-corrected chi connectivity index (χ3v) is 4.75. The number of Topliss-reactive ketones (excluding diaryl/α,β-unsaturated/α-hetero) is 1. The Bertz CT molecular complexity index is 483. The van der Waals surface area contributed by atoms with Crippen LogP contribution in [0.4, 0.5) is 0 Å². The molecule has 0 saturated carbocycles. The van der Waals surface area contributed by atoms with Crippen LogP contribution in [0.1, 0.15) is 40.2 Å². The number of piperidine rings is 1. The summed E-state index contributed by atoms with van der Waals surface area (Å²) in [6.45, 7) is 3.48. The maximum atomic E-state index is 12.1. The van der Waals surface area contributed by atoms with Crippen molar-refractivity contribution in [1.29, 1.82) is 0 Å². The summed E-state index contributed by atoms with van der Waals surface area (Å²) in [7, 11) is 0. The Hall–Kier alpha value is -1.20. The number of amides is 1. The molecule has 2 heterocycles. The minimum Gasteiger partial charge on any atom is -0.396 e. The quantitative estimate of drug-likeness (QED) is 0.848. The lowest BCUT2D eigenvalue weighted by Crippen LogP contribution is -2.41. The summed E-state index contributed by atoms with van der Waals surface area (Å²) in [6, 6.07) is 3.76. The fraction of sp³-hybridized carbons (Fsp3) is 0.600. The first-order chi connectivity index (χ1) is 9.60. The van der Waals surface area contributed by atoms with E-state index in [4.69, 9.17) is 5.11 Å². The summed E-state index contributed by atoms with van der Waals surface area (Å²) >= 11 is 1.48. The van der Waals surface area contributed by atoms with Gasteiger partial charge in [-0.3, -0.25) is 9.59 Å². The van der Waals surface area contributed by atoms with Gasteiger partial charge in [-0.2, -0.15) is 0 Å². The monoisotopic (exact) mass is 295 g/mol. The summed E-state index contributed by atoms with van der Waals surface area (Å²) in [4.78, 5) is 27.7. The molecule has 0 bridgehead atoms. The van der Waals surface area contributed by atoms with Crippen LogP contribution < -0.4 is 0 Å². The standard InChI is InChI=1S/C15H21NO3S/c1-11-4-6-14(20-11)13(18)5-7-15(19)16-8-2-3-12(9-16)10-17/h4,6,12,17H,2-3,5,7-10H2,1H3. The van der Waals surface area contributed by atoms with E-state index in [-0.39, 0.29) is 37.1 Å². The molecule has 1 fully saturated rings. The number of thiophene rings is 1. The van der Waals surface area contributed by atoms with Crippen LogP contribution in [0.2, 0.25) is 0 Å². The van der Waals surface area contributed by atoms with Crippen molar-refractivity contribution in [2.75, 3.05) is 19.7 Å². The summed E-state index contributed by atoms with van der Waals surface area (Å²) in [5.41, 5.74) is 0. The Labute approximate surface area is 123 Å². The van der Waals surface area contributed by atoms with Gasteiger partial charge in [0, 0.05) is 37.4 Å². The lowest BCUT2D eigenvalue weighted by atomic mass is 9.98. The van der Waals surface area contributed by atoms with Crippen LogP contribution in [0.5, 0.6) is 0 Å². The fourth-order valence-electron chi connectivity index (χ4n) is 2.53. The van der Waals surface area contributed by atoms with Crippen LogP contribution in [0.15, 0.2) is 12.1 Å². The average molecular weight is 295 g/mol. The van der Waals surface area contributed by atoms with Crippen LogP contribution in [-0.2, 0) is 4.79 Å². The molecule has 110 valence electrons. The second kappa shape index (κ2) is 6.99. The molecular weight excluding hydrogens is 274 g/mol. The van der Waals surface area contributed by atoms with Gasteiger partial charge in [0.2, 0.25) is 5.91 Å². The molecule has 2 rings (SSSR count). The molecule has 5 heteroatoms. The minimum atomic E-state index is 0.0322. The van der Waals surface area contributed by atoms with E-state index in [1.54, 1.807) is 4.90 Å². The Morgan fingerprint density at radius 3 is 2.85 bits per heavy atom. The van der Waals surface area contributed by atoms with E-state index in [1.807, 2.05) is 19.1 Å². The van der Waals surface area contributed by atoms with Crippen LogP contribution >= 0.6 is 11.3 Å². The smallest absolute Gasteiger partial charge is 0.223 e. The normalized spacial score (nSPS) is 19.1. The van der Waals surface area contributed by atoms with E-state index < -0.39 is 0 Å². The molecule has 0 spiro atoms. The van der Waals surface area contributed by atoms with Crippen LogP contribution in [-0.4, -0.2) is 41.4 Å². The van der Waals surface area contributed by atoms with Crippen molar-refractivity contribution in [2.45, 2.75) is 32.6 Å². The molecule has 1 aromatic rings. The molecule has 0 aliphatic carbocycles. The highest BCUT2D eigenvalue weighted by atomic mass is 32.1. The maximum absolute atomic E-state index is 12.1. The van der Waals surface area contributed by atoms with Gasteiger partial charge in [-0.15, -0.1) is 11.3 Å². The zero-order chi connectivity index (χ0) is 14.5. The third-order valence-electron chi connectivity index (χ3n) is 3.71. The largest absolute Gasteiger partial charge is 0.396 e. The summed E-state index contributed by atoms with van der Waals surface area (Å²) in [6.07, 6.45) is 2.47. The highest BCUT2D eigenvalue weighted by Gasteiger charge is 2.23. The van der Waals surface area contributed by atoms with Gasteiger partial charge >= 0.3 is 0 Å². The molecule has 0 radical (unpaired) electrons. The number of likely N-dealkylation sites (tertiary alicyclic amines) is 1. The molecule has 1 unspecified atom stereocenters. The number of carbonyl (C=O) groups is 2. The minimum absolute atomic E-state index is 0.0322. The van der Waals surface area contributed by atoms with Gasteiger partial charge < -0.3 is 10.0 Å². The summed E-state index contributed by atoms with van der Waals surface area (Å²) < 4.78 is 0. The van der Waals surface area contributed by atoms with Gasteiger partial charge in [-0.25, -0.2) is 0 Å². The van der Waals surface area contributed by atoms with E-state index in [0.29, 0.717) is 6.54 Å². The second-order valence-corrected chi connectivity index (χ2v) is 6.65. The average Bonchev–Trinajstić information content (AvgIpc) is 2.91. The lowest BCUT2D eigenvalue weighted by Gasteiger charge is -2.31. The topological polar surface area (TPSA) is 57.6 Å². The molecule has 1 N–H and O–H groups in total. The van der Waals surface area contributed by atoms with Gasteiger partial charge in [0.25, 0.3) is 0 Å². The molecule has 20 heavy (non-hydrogen) atoms. The van der Waals surface area contributed by atoms with Crippen molar-refractivity contribution >= 4 is 23.0 Å². The maximum Gasteiger partial charge on any atom is 0.223 e. The van der Waals surface area contributed by atoms with Gasteiger partial charge in [-0.05, 0) is 37.8 Å². The second-order valence-electron chi connectivity index (χ2n) is 5.36. The number of ketones is 1. The van der Waals surface area contributed by atoms with Crippen molar-refractivity contribution < 1.29 is 14.7 Å². The molecular formula is C15H21NO3S. The first-order valence-corrected chi connectivity index (χ1v) is 7.90. The van der Waals surface area contributed by atoms with Crippen molar-refractivity contribution in [3.8, 4) is 0 Å². The lowest BCUT2D eigenvalue weighted by molar-refractivity contribution is -0.133. The van der Waals surface area contributed by atoms with Gasteiger partial charge in [0.1, 0.15) is 0 Å². The van der Waals surface area contributed by atoms with E-state index in [0.717, 1.165) is 29.1 Å². The Kier molecular flexibility index (Phi) is 5.31.